The van der Waals surface area contributed by atoms with Crippen molar-refractivity contribution in [1.29, 1.82) is 0 Å². The maximum absolute atomic E-state index is 4.82. The van der Waals surface area contributed by atoms with Crippen molar-refractivity contribution in [1.82, 2.24) is 10.1 Å². The van der Waals surface area contributed by atoms with Crippen LogP contribution in [0.4, 0.5) is 0 Å². The van der Waals surface area contributed by atoms with Crippen LogP contribution in [0.5, 0.6) is 0 Å². The van der Waals surface area contributed by atoms with Gasteiger partial charge >= 0.3 is 0 Å². The van der Waals surface area contributed by atoms with E-state index in [1.807, 2.05) is 11.8 Å². The van der Waals surface area contributed by atoms with Crippen molar-refractivity contribution in [2.75, 3.05) is 11.5 Å². The molecule has 1 aromatic heterocycles. The molecule has 0 N–H and O–H groups in total. The fourth-order valence-corrected chi connectivity index (χ4v) is 2.59. The standard InChI is InChI=1S/C6H7BrN2OS/c7-6-8-5(9-10-6)4-1-2-11-3-4/h4H,1-3H2. The van der Waals surface area contributed by atoms with Crippen molar-refractivity contribution >= 4 is 27.7 Å². The van der Waals surface area contributed by atoms with E-state index in [2.05, 4.69) is 26.1 Å². The van der Waals surface area contributed by atoms with Gasteiger partial charge in [-0.1, -0.05) is 5.16 Å². The third-order valence-electron chi connectivity index (χ3n) is 1.71. The number of aromatic nitrogens is 2. The molecule has 2 rings (SSSR count). The average Bonchev–Trinajstić information content (AvgIpc) is 2.55. The zero-order valence-electron chi connectivity index (χ0n) is 5.79. The quantitative estimate of drug-likeness (QED) is 0.746. The van der Waals surface area contributed by atoms with Crippen LogP contribution in [0.1, 0.15) is 18.2 Å². The topological polar surface area (TPSA) is 38.9 Å². The van der Waals surface area contributed by atoms with E-state index < -0.39 is 0 Å². The normalized spacial score (nSPS) is 24.3. The fraction of sp³-hybridized carbons (Fsp3) is 0.667. The van der Waals surface area contributed by atoms with Gasteiger partial charge in [-0.2, -0.15) is 16.7 Å². The van der Waals surface area contributed by atoms with Gasteiger partial charge < -0.3 is 4.52 Å². The Balaban J connectivity index is 2.15. The van der Waals surface area contributed by atoms with Crippen LogP contribution in [0, 0.1) is 0 Å². The SMILES string of the molecule is Brc1nc(C2CCSC2)no1. The molecule has 0 spiro atoms. The highest BCUT2D eigenvalue weighted by Crippen LogP contribution is 2.30. The molecule has 1 unspecified atom stereocenters. The predicted octanol–water partition coefficient (Wildman–Crippen LogP) is 2.05. The molecule has 1 aromatic rings. The van der Waals surface area contributed by atoms with Gasteiger partial charge in [0.05, 0.1) is 0 Å². The summed E-state index contributed by atoms with van der Waals surface area (Å²) in [4.78, 5) is 4.61. The first kappa shape index (κ1) is 7.61. The molecule has 1 atom stereocenters. The number of hydrogen-bond donors (Lipinski definition) is 0. The van der Waals surface area contributed by atoms with E-state index in [1.54, 1.807) is 0 Å². The Labute approximate surface area is 77.1 Å². The van der Waals surface area contributed by atoms with Gasteiger partial charge in [0.2, 0.25) is 0 Å². The first-order valence-electron chi connectivity index (χ1n) is 3.43. The van der Waals surface area contributed by atoms with Crippen LogP contribution in [-0.2, 0) is 0 Å². The van der Waals surface area contributed by atoms with Crippen LogP contribution in [-0.4, -0.2) is 21.6 Å². The Morgan fingerprint density at radius 1 is 1.64 bits per heavy atom. The lowest BCUT2D eigenvalue weighted by Gasteiger charge is -1.97. The lowest BCUT2D eigenvalue weighted by Crippen LogP contribution is -1.97. The summed E-state index contributed by atoms with van der Waals surface area (Å²) < 4.78 is 4.82. The van der Waals surface area contributed by atoms with Crippen molar-refractivity contribution in [2.24, 2.45) is 0 Å². The lowest BCUT2D eigenvalue weighted by molar-refractivity contribution is 0.387. The third kappa shape index (κ3) is 1.59. The summed E-state index contributed by atoms with van der Waals surface area (Å²) in [5.41, 5.74) is 0. The van der Waals surface area contributed by atoms with E-state index in [4.69, 9.17) is 4.52 Å². The third-order valence-corrected chi connectivity index (χ3v) is 3.20. The monoisotopic (exact) mass is 234 g/mol. The minimum atomic E-state index is 0.490. The number of hydrogen-bond acceptors (Lipinski definition) is 4. The molecule has 5 heteroatoms. The van der Waals surface area contributed by atoms with Crippen molar-refractivity contribution in [3.63, 3.8) is 0 Å². The number of nitrogens with zero attached hydrogens (tertiary/aromatic N) is 2. The highest BCUT2D eigenvalue weighted by Gasteiger charge is 2.22. The minimum absolute atomic E-state index is 0.490. The first-order valence-corrected chi connectivity index (χ1v) is 5.38. The van der Waals surface area contributed by atoms with Gasteiger partial charge in [0.25, 0.3) is 4.80 Å². The summed E-state index contributed by atoms with van der Waals surface area (Å²) in [6.07, 6.45) is 1.18. The smallest absolute Gasteiger partial charge is 0.293 e. The van der Waals surface area contributed by atoms with Crippen LogP contribution >= 0.6 is 27.7 Å². The predicted molar refractivity (Wildman–Crippen MR) is 46.7 cm³/mol. The molecule has 1 fully saturated rings. The second-order valence-corrected chi connectivity index (χ2v) is 4.29. The molecule has 60 valence electrons. The Morgan fingerprint density at radius 3 is 3.09 bits per heavy atom. The van der Waals surface area contributed by atoms with Crippen molar-refractivity contribution in [2.45, 2.75) is 12.3 Å². The Hall–Kier alpha value is -0.0300. The van der Waals surface area contributed by atoms with Gasteiger partial charge in [-0.3, -0.25) is 0 Å². The molecule has 2 heterocycles. The van der Waals surface area contributed by atoms with Crippen LogP contribution in [0.25, 0.3) is 0 Å². The molecule has 3 nitrogen and oxygen atoms in total. The van der Waals surface area contributed by atoms with Crippen molar-refractivity contribution in [3.8, 4) is 0 Å². The highest BCUT2D eigenvalue weighted by molar-refractivity contribution is 9.10. The summed E-state index contributed by atoms with van der Waals surface area (Å²) in [5.74, 6) is 3.71. The zero-order chi connectivity index (χ0) is 7.68. The van der Waals surface area contributed by atoms with E-state index >= 15 is 0 Å². The van der Waals surface area contributed by atoms with Gasteiger partial charge in [0.15, 0.2) is 5.82 Å². The molecule has 0 aliphatic carbocycles. The molecule has 11 heavy (non-hydrogen) atoms. The summed E-state index contributed by atoms with van der Waals surface area (Å²) >= 11 is 5.08. The summed E-state index contributed by atoms with van der Waals surface area (Å²) in [6, 6.07) is 0. The lowest BCUT2D eigenvalue weighted by atomic mass is 10.1. The van der Waals surface area contributed by atoms with Crippen LogP contribution in [0.3, 0.4) is 0 Å². The number of halogens is 1. The molecule has 1 aliphatic rings. The van der Waals surface area contributed by atoms with E-state index in [1.165, 1.54) is 12.2 Å². The fourth-order valence-electron chi connectivity index (χ4n) is 1.12. The van der Waals surface area contributed by atoms with E-state index in [0.29, 0.717) is 10.7 Å². The average molecular weight is 235 g/mol. The zero-order valence-corrected chi connectivity index (χ0v) is 8.19. The van der Waals surface area contributed by atoms with E-state index in [9.17, 15) is 0 Å². The maximum atomic E-state index is 4.82. The number of thioether (sulfide) groups is 1. The Morgan fingerprint density at radius 2 is 2.55 bits per heavy atom. The first-order chi connectivity index (χ1) is 5.36. The summed E-state index contributed by atoms with van der Waals surface area (Å²) in [7, 11) is 0. The molecular weight excluding hydrogens is 228 g/mol. The molecule has 0 aromatic carbocycles. The van der Waals surface area contributed by atoms with Gasteiger partial charge in [-0.25, -0.2) is 0 Å². The number of rotatable bonds is 1. The molecular formula is C6H7BrN2OS. The second kappa shape index (κ2) is 3.15. The van der Waals surface area contributed by atoms with Crippen molar-refractivity contribution < 1.29 is 4.52 Å². The molecule has 1 saturated heterocycles. The van der Waals surface area contributed by atoms with Gasteiger partial charge in [0.1, 0.15) is 0 Å². The second-order valence-electron chi connectivity index (χ2n) is 2.47. The van der Waals surface area contributed by atoms with Crippen LogP contribution in [0.15, 0.2) is 9.32 Å². The van der Waals surface area contributed by atoms with Gasteiger partial charge in [-0.05, 0) is 12.2 Å². The van der Waals surface area contributed by atoms with E-state index in [-0.39, 0.29) is 0 Å². The summed E-state index contributed by atoms with van der Waals surface area (Å²) in [6.45, 7) is 0. The molecule has 0 bridgehead atoms. The maximum Gasteiger partial charge on any atom is 0.293 e. The highest BCUT2D eigenvalue weighted by atomic mass is 79.9. The molecule has 1 aliphatic heterocycles. The summed E-state index contributed by atoms with van der Waals surface area (Å²) in [5, 5.41) is 3.85. The molecule has 0 saturated carbocycles. The largest absolute Gasteiger partial charge is 0.327 e. The molecule has 0 amide bonds. The van der Waals surface area contributed by atoms with Crippen LogP contribution < -0.4 is 0 Å². The molecule has 0 radical (unpaired) electrons. The Kier molecular flexibility index (Phi) is 2.18. The van der Waals surface area contributed by atoms with Gasteiger partial charge in [0, 0.05) is 27.6 Å². The van der Waals surface area contributed by atoms with Crippen LogP contribution in [0.2, 0.25) is 0 Å². The van der Waals surface area contributed by atoms with Crippen molar-refractivity contribution in [3.05, 3.63) is 10.6 Å². The Bertz CT molecular complexity index is 246. The minimum Gasteiger partial charge on any atom is -0.327 e. The van der Waals surface area contributed by atoms with E-state index in [0.717, 1.165) is 11.6 Å². The van der Waals surface area contributed by atoms with Gasteiger partial charge in [-0.15, -0.1) is 0 Å².